The van der Waals surface area contributed by atoms with Crippen LogP contribution in [-0.4, -0.2) is 36.2 Å². The molecule has 0 spiro atoms. The average molecular weight is 389 g/mol. The van der Waals surface area contributed by atoms with E-state index >= 15 is 0 Å². The number of nitrogens with zero attached hydrogens (tertiary/aromatic N) is 1. The predicted molar refractivity (Wildman–Crippen MR) is 106 cm³/mol. The van der Waals surface area contributed by atoms with Gasteiger partial charge in [0.25, 0.3) is 0 Å². The Morgan fingerprint density at radius 3 is 2.25 bits per heavy atom. The fraction of sp³-hybridized carbons (Fsp3) is 0.391. The fourth-order valence-electron chi connectivity index (χ4n) is 3.86. The summed E-state index contributed by atoms with van der Waals surface area (Å²) in [4.78, 5) is 2.28. The Kier molecular flexibility index (Phi) is 6.57. The summed E-state index contributed by atoms with van der Waals surface area (Å²) >= 11 is 0. The van der Waals surface area contributed by atoms with Gasteiger partial charge < -0.3 is 5.11 Å². The highest BCUT2D eigenvalue weighted by molar-refractivity contribution is 5.48. The van der Waals surface area contributed by atoms with Gasteiger partial charge in [0.05, 0.1) is 5.56 Å². The number of likely N-dealkylation sites (tertiary alicyclic amines) is 1. The summed E-state index contributed by atoms with van der Waals surface area (Å²) in [6, 6.07) is 15.8. The van der Waals surface area contributed by atoms with E-state index in [4.69, 9.17) is 0 Å². The molecule has 0 atom stereocenters. The molecule has 5 heteroatoms. The number of aliphatic hydroxyl groups excluding tert-OH is 1. The molecular formula is C23H26F3NO. The summed E-state index contributed by atoms with van der Waals surface area (Å²) < 4.78 is 39.9. The van der Waals surface area contributed by atoms with Crippen molar-refractivity contribution in [2.24, 2.45) is 5.41 Å². The van der Waals surface area contributed by atoms with Crippen LogP contribution < -0.4 is 0 Å². The third-order valence-electron chi connectivity index (χ3n) is 5.61. The van der Waals surface area contributed by atoms with Gasteiger partial charge in [-0.2, -0.15) is 13.2 Å². The molecule has 150 valence electrons. The Morgan fingerprint density at radius 2 is 1.61 bits per heavy atom. The van der Waals surface area contributed by atoms with Gasteiger partial charge in [-0.3, -0.25) is 4.90 Å². The third-order valence-corrected chi connectivity index (χ3v) is 5.61. The van der Waals surface area contributed by atoms with E-state index < -0.39 is 17.2 Å². The molecule has 0 amide bonds. The van der Waals surface area contributed by atoms with Crippen LogP contribution >= 0.6 is 0 Å². The van der Waals surface area contributed by atoms with Gasteiger partial charge in [-0.1, -0.05) is 60.7 Å². The van der Waals surface area contributed by atoms with Crippen LogP contribution in [0.1, 0.15) is 29.5 Å². The zero-order chi connectivity index (χ0) is 20.0. The number of alkyl halides is 3. The quantitative estimate of drug-likeness (QED) is 0.749. The Labute approximate surface area is 164 Å². The van der Waals surface area contributed by atoms with Gasteiger partial charge in [-0.25, -0.2) is 0 Å². The van der Waals surface area contributed by atoms with Crippen molar-refractivity contribution in [1.82, 2.24) is 4.90 Å². The Hall–Kier alpha value is -2.11. The maximum Gasteiger partial charge on any atom is 0.416 e. The lowest BCUT2D eigenvalue weighted by Crippen LogP contribution is -2.43. The van der Waals surface area contributed by atoms with Gasteiger partial charge in [-0.15, -0.1) is 0 Å². The SMILES string of the molecule is OCC1(Cc2ccccc2C(F)(F)F)CCN(CC=Cc2ccccc2)CC1. The lowest BCUT2D eigenvalue weighted by molar-refractivity contribution is -0.138. The Bertz CT molecular complexity index is 778. The van der Waals surface area contributed by atoms with E-state index in [1.807, 2.05) is 30.3 Å². The highest BCUT2D eigenvalue weighted by Gasteiger charge is 2.38. The molecule has 1 N–H and O–H groups in total. The average Bonchev–Trinajstić information content (AvgIpc) is 2.70. The first-order chi connectivity index (χ1) is 13.4. The molecule has 1 aliphatic rings. The van der Waals surface area contributed by atoms with Gasteiger partial charge in [-0.05, 0) is 55.0 Å². The Balaban J connectivity index is 1.61. The molecular weight excluding hydrogens is 363 g/mol. The van der Waals surface area contributed by atoms with Crippen molar-refractivity contribution in [3.63, 3.8) is 0 Å². The zero-order valence-electron chi connectivity index (χ0n) is 15.8. The third kappa shape index (κ3) is 5.24. The summed E-state index contributed by atoms with van der Waals surface area (Å²) in [7, 11) is 0. The smallest absolute Gasteiger partial charge is 0.396 e. The van der Waals surface area contributed by atoms with Crippen LogP contribution in [0.2, 0.25) is 0 Å². The van der Waals surface area contributed by atoms with Crippen LogP contribution in [0, 0.1) is 5.41 Å². The van der Waals surface area contributed by atoms with Gasteiger partial charge in [0.2, 0.25) is 0 Å². The minimum atomic E-state index is -4.36. The molecule has 3 rings (SSSR count). The van der Waals surface area contributed by atoms with Gasteiger partial charge >= 0.3 is 6.18 Å². The van der Waals surface area contributed by atoms with Crippen molar-refractivity contribution in [3.05, 3.63) is 77.4 Å². The van der Waals surface area contributed by atoms with E-state index in [0.29, 0.717) is 12.8 Å². The number of aliphatic hydroxyl groups is 1. The van der Waals surface area contributed by atoms with E-state index in [0.717, 1.165) is 31.3 Å². The molecule has 1 heterocycles. The highest BCUT2D eigenvalue weighted by Crippen LogP contribution is 2.39. The maximum atomic E-state index is 13.3. The summed E-state index contributed by atoms with van der Waals surface area (Å²) in [5.74, 6) is 0. The number of piperidine rings is 1. The van der Waals surface area contributed by atoms with E-state index in [1.165, 1.54) is 12.1 Å². The second kappa shape index (κ2) is 8.93. The lowest BCUT2D eigenvalue weighted by Gasteiger charge is -2.41. The van der Waals surface area contributed by atoms with Crippen LogP contribution in [0.5, 0.6) is 0 Å². The molecule has 0 saturated carbocycles. The molecule has 2 nitrogen and oxygen atoms in total. The molecule has 0 bridgehead atoms. The summed E-state index contributed by atoms with van der Waals surface area (Å²) in [5.41, 5.74) is 0.353. The predicted octanol–water partition coefficient (Wildman–Crippen LogP) is 5.04. The molecule has 1 aliphatic heterocycles. The molecule has 0 unspecified atom stereocenters. The van der Waals surface area contributed by atoms with Crippen LogP contribution in [0.3, 0.4) is 0 Å². The van der Waals surface area contributed by atoms with Gasteiger partial charge in [0, 0.05) is 13.2 Å². The second-order valence-electron chi connectivity index (χ2n) is 7.60. The van der Waals surface area contributed by atoms with Gasteiger partial charge in [0.1, 0.15) is 0 Å². The van der Waals surface area contributed by atoms with E-state index in [1.54, 1.807) is 6.07 Å². The lowest BCUT2D eigenvalue weighted by atomic mass is 9.73. The second-order valence-corrected chi connectivity index (χ2v) is 7.60. The van der Waals surface area contributed by atoms with E-state index in [9.17, 15) is 18.3 Å². The molecule has 0 aromatic heterocycles. The topological polar surface area (TPSA) is 23.5 Å². The number of benzene rings is 2. The largest absolute Gasteiger partial charge is 0.416 e. The molecule has 2 aromatic rings. The minimum absolute atomic E-state index is 0.0904. The summed E-state index contributed by atoms with van der Waals surface area (Å²) in [6.45, 7) is 2.25. The van der Waals surface area contributed by atoms with Crippen molar-refractivity contribution in [1.29, 1.82) is 0 Å². The molecule has 0 aliphatic carbocycles. The van der Waals surface area contributed by atoms with Crippen LogP contribution in [0.25, 0.3) is 6.08 Å². The minimum Gasteiger partial charge on any atom is -0.396 e. The summed E-state index contributed by atoms with van der Waals surface area (Å²) in [6.07, 6.45) is 1.46. The molecule has 28 heavy (non-hydrogen) atoms. The number of halogens is 3. The normalized spacial score (nSPS) is 17.9. The van der Waals surface area contributed by atoms with Crippen LogP contribution in [0.15, 0.2) is 60.7 Å². The molecule has 0 radical (unpaired) electrons. The first-order valence-corrected chi connectivity index (χ1v) is 9.62. The van der Waals surface area contributed by atoms with E-state index in [-0.39, 0.29) is 18.6 Å². The Morgan fingerprint density at radius 1 is 0.964 bits per heavy atom. The molecule has 1 saturated heterocycles. The van der Waals surface area contributed by atoms with Gasteiger partial charge in [0.15, 0.2) is 0 Å². The number of rotatable bonds is 6. The monoisotopic (exact) mass is 389 g/mol. The zero-order valence-corrected chi connectivity index (χ0v) is 15.8. The van der Waals surface area contributed by atoms with Crippen molar-refractivity contribution >= 4 is 6.08 Å². The maximum absolute atomic E-state index is 13.3. The first-order valence-electron chi connectivity index (χ1n) is 9.62. The van der Waals surface area contributed by atoms with Crippen LogP contribution in [-0.2, 0) is 12.6 Å². The van der Waals surface area contributed by atoms with E-state index in [2.05, 4.69) is 17.1 Å². The first kappa shape index (κ1) is 20.6. The molecule has 2 aromatic carbocycles. The fourth-order valence-corrected chi connectivity index (χ4v) is 3.86. The van der Waals surface area contributed by atoms with Crippen molar-refractivity contribution in [3.8, 4) is 0 Å². The van der Waals surface area contributed by atoms with Crippen molar-refractivity contribution < 1.29 is 18.3 Å². The standard InChI is InChI=1S/C23H26F3NO/c24-23(25,26)21-11-5-4-10-20(21)17-22(18-28)12-15-27(16-13-22)14-6-9-19-7-2-1-3-8-19/h1-11,28H,12-18H2. The van der Waals surface area contributed by atoms with Crippen LogP contribution in [0.4, 0.5) is 13.2 Å². The number of hydrogen-bond acceptors (Lipinski definition) is 2. The van der Waals surface area contributed by atoms with Crippen molar-refractivity contribution in [2.75, 3.05) is 26.2 Å². The molecule has 1 fully saturated rings. The number of hydrogen-bond donors (Lipinski definition) is 1. The summed E-state index contributed by atoms with van der Waals surface area (Å²) in [5, 5.41) is 9.99. The van der Waals surface area contributed by atoms with Crippen molar-refractivity contribution in [2.45, 2.75) is 25.4 Å². The highest BCUT2D eigenvalue weighted by atomic mass is 19.4.